The summed E-state index contributed by atoms with van der Waals surface area (Å²) in [5.74, 6) is 0.0603. The minimum absolute atomic E-state index is 0.200. The molecule has 0 spiro atoms. The van der Waals surface area contributed by atoms with Crippen molar-refractivity contribution in [1.82, 2.24) is 14.8 Å². The molecule has 1 fully saturated rings. The average molecular weight is 408 g/mol. The number of benzene rings is 2. The van der Waals surface area contributed by atoms with Crippen molar-refractivity contribution < 1.29 is 13.6 Å². The van der Waals surface area contributed by atoms with E-state index in [2.05, 4.69) is 20.1 Å². The van der Waals surface area contributed by atoms with E-state index in [1.54, 1.807) is 24.5 Å². The molecule has 0 radical (unpaired) electrons. The quantitative estimate of drug-likeness (QED) is 0.675. The number of nitrogens with zero attached hydrogens (tertiary/aromatic N) is 3. The first-order valence-electron chi connectivity index (χ1n) is 10.1. The van der Waals surface area contributed by atoms with E-state index in [9.17, 15) is 9.18 Å². The van der Waals surface area contributed by atoms with Gasteiger partial charge in [0.05, 0.1) is 18.3 Å². The Morgan fingerprint density at radius 2 is 1.80 bits per heavy atom. The maximum atomic E-state index is 13.8. The molecule has 1 unspecified atom stereocenters. The molecule has 1 amide bonds. The third kappa shape index (κ3) is 4.75. The minimum atomic E-state index is -0.427. The molecule has 1 aliphatic rings. The van der Waals surface area contributed by atoms with Crippen molar-refractivity contribution in [2.75, 3.05) is 31.5 Å². The van der Waals surface area contributed by atoms with Gasteiger partial charge in [0.1, 0.15) is 17.8 Å². The smallest absolute Gasteiger partial charge is 0.241 e. The van der Waals surface area contributed by atoms with Crippen LogP contribution in [0.1, 0.15) is 12.8 Å². The molecule has 6 nitrogen and oxygen atoms in total. The standard InChI is InChI=1S/C23H25FN4O2/c1-17(23(29)26-20-10-6-5-9-19(20)24)28-13-11-27(12-14-28)15-22-25-21(16-30-22)18-7-3-2-4-8-18/h2-10,16-17H,11-15H2,1H3,(H,26,29). The van der Waals surface area contributed by atoms with E-state index in [4.69, 9.17) is 4.42 Å². The van der Waals surface area contributed by atoms with Gasteiger partial charge in [-0.2, -0.15) is 0 Å². The predicted molar refractivity (Wildman–Crippen MR) is 113 cm³/mol. The largest absolute Gasteiger partial charge is 0.447 e. The van der Waals surface area contributed by atoms with Crippen LogP contribution in [0, 0.1) is 5.82 Å². The van der Waals surface area contributed by atoms with Gasteiger partial charge in [0.25, 0.3) is 0 Å². The van der Waals surface area contributed by atoms with Crippen LogP contribution in [0.3, 0.4) is 0 Å². The molecular formula is C23H25FN4O2. The molecule has 1 aromatic heterocycles. The fourth-order valence-electron chi connectivity index (χ4n) is 3.59. The van der Waals surface area contributed by atoms with E-state index < -0.39 is 5.82 Å². The van der Waals surface area contributed by atoms with Gasteiger partial charge in [0.15, 0.2) is 0 Å². The number of oxazole rings is 1. The number of halogens is 1. The topological polar surface area (TPSA) is 61.6 Å². The fraction of sp³-hybridized carbons (Fsp3) is 0.304. The SMILES string of the molecule is CC(C(=O)Nc1ccccc1F)N1CCN(Cc2nc(-c3ccccc3)co2)CC1. The van der Waals surface area contributed by atoms with Crippen molar-refractivity contribution in [3.05, 3.63) is 72.6 Å². The molecule has 3 aromatic rings. The lowest BCUT2D eigenvalue weighted by molar-refractivity contribution is -0.121. The molecule has 1 aliphatic heterocycles. The molecule has 0 saturated carbocycles. The van der Waals surface area contributed by atoms with Gasteiger partial charge >= 0.3 is 0 Å². The van der Waals surface area contributed by atoms with E-state index in [0.29, 0.717) is 12.4 Å². The van der Waals surface area contributed by atoms with Gasteiger partial charge in [0.2, 0.25) is 11.8 Å². The Hall–Kier alpha value is -3.03. The first-order valence-corrected chi connectivity index (χ1v) is 10.1. The van der Waals surface area contributed by atoms with Gasteiger partial charge in [0, 0.05) is 31.7 Å². The van der Waals surface area contributed by atoms with Crippen LogP contribution in [0.25, 0.3) is 11.3 Å². The van der Waals surface area contributed by atoms with Gasteiger partial charge in [-0.05, 0) is 19.1 Å². The summed E-state index contributed by atoms with van der Waals surface area (Å²) in [4.78, 5) is 21.5. The van der Waals surface area contributed by atoms with Gasteiger partial charge in [-0.1, -0.05) is 42.5 Å². The first-order chi connectivity index (χ1) is 14.6. The number of nitrogens with one attached hydrogen (secondary N) is 1. The number of carbonyl (C=O) groups excluding carboxylic acids is 1. The highest BCUT2D eigenvalue weighted by Gasteiger charge is 2.26. The van der Waals surface area contributed by atoms with Crippen LogP contribution in [0.15, 0.2) is 65.3 Å². The van der Waals surface area contributed by atoms with Gasteiger partial charge < -0.3 is 9.73 Å². The summed E-state index contributed by atoms with van der Waals surface area (Å²) >= 11 is 0. The molecule has 4 rings (SSSR count). The Balaban J connectivity index is 1.28. The summed E-state index contributed by atoms with van der Waals surface area (Å²) in [7, 11) is 0. The zero-order valence-corrected chi connectivity index (χ0v) is 16.9. The Morgan fingerprint density at radius 3 is 2.53 bits per heavy atom. The number of hydrogen-bond acceptors (Lipinski definition) is 5. The van der Waals surface area contributed by atoms with Gasteiger partial charge in [-0.3, -0.25) is 14.6 Å². The summed E-state index contributed by atoms with van der Waals surface area (Å²) in [5, 5.41) is 2.68. The van der Waals surface area contributed by atoms with Crippen LogP contribution < -0.4 is 5.32 Å². The predicted octanol–water partition coefficient (Wildman–Crippen LogP) is 3.63. The highest BCUT2D eigenvalue weighted by Crippen LogP contribution is 2.19. The van der Waals surface area contributed by atoms with Crippen molar-refractivity contribution >= 4 is 11.6 Å². The number of amides is 1. The lowest BCUT2D eigenvalue weighted by Gasteiger charge is -2.36. The number of rotatable bonds is 6. The van der Waals surface area contributed by atoms with Crippen LogP contribution in [0.4, 0.5) is 10.1 Å². The maximum absolute atomic E-state index is 13.8. The van der Waals surface area contributed by atoms with Crippen molar-refractivity contribution in [2.45, 2.75) is 19.5 Å². The number of anilines is 1. The second kappa shape index (κ2) is 9.19. The number of para-hydroxylation sites is 1. The molecule has 0 bridgehead atoms. The molecule has 1 N–H and O–H groups in total. The van der Waals surface area contributed by atoms with Crippen LogP contribution >= 0.6 is 0 Å². The normalized spacial score (nSPS) is 16.3. The molecule has 2 aromatic carbocycles. The molecule has 1 atom stereocenters. The lowest BCUT2D eigenvalue weighted by atomic mass is 10.2. The Labute approximate surface area is 175 Å². The number of hydrogen-bond donors (Lipinski definition) is 1. The fourth-order valence-corrected chi connectivity index (χ4v) is 3.59. The van der Waals surface area contributed by atoms with E-state index >= 15 is 0 Å². The van der Waals surface area contributed by atoms with Crippen LogP contribution in [-0.4, -0.2) is 52.9 Å². The van der Waals surface area contributed by atoms with Crippen molar-refractivity contribution in [3.8, 4) is 11.3 Å². The lowest BCUT2D eigenvalue weighted by Crippen LogP contribution is -2.52. The van der Waals surface area contributed by atoms with Crippen LogP contribution in [0.2, 0.25) is 0 Å². The van der Waals surface area contributed by atoms with Gasteiger partial charge in [-0.15, -0.1) is 0 Å². The molecular weight excluding hydrogens is 383 g/mol. The highest BCUT2D eigenvalue weighted by molar-refractivity contribution is 5.94. The number of aromatic nitrogens is 1. The van der Waals surface area contributed by atoms with E-state index in [0.717, 1.165) is 37.4 Å². The second-order valence-corrected chi connectivity index (χ2v) is 7.45. The summed E-state index contributed by atoms with van der Waals surface area (Å²) in [5.41, 5.74) is 2.08. The third-order valence-electron chi connectivity index (χ3n) is 5.45. The number of carbonyl (C=O) groups is 1. The molecule has 7 heteroatoms. The maximum Gasteiger partial charge on any atom is 0.241 e. The number of piperazine rings is 1. The zero-order valence-electron chi connectivity index (χ0n) is 16.9. The van der Waals surface area contributed by atoms with Crippen molar-refractivity contribution in [2.24, 2.45) is 0 Å². The summed E-state index contributed by atoms with van der Waals surface area (Å²) in [6.07, 6.45) is 1.69. The van der Waals surface area contributed by atoms with E-state index in [1.807, 2.05) is 37.3 Å². The third-order valence-corrected chi connectivity index (χ3v) is 5.45. The Morgan fingerprint density at radius 1 is 1.10 bits per heavy atom. The van der Waals surface area contributed by atoms with Crippen molar-refractivity contribution in [3.63, 3.8) is 0 Å². The monoisotopic (exact) mass is 408 g/mol. The van der Waals surface area contributed by atoms with Gasteiger partial charge in [-0.25, -0.2) is 9.37 Å². The highest BCUT2D eigenvalue weighted by atomic mass is 19.1. The molecule has 1 saturated heterocycles. The molecule has 30 heavy (non-hydrogen) atoms. The molecule has 0 aliphatic carbocycles. The zero-order chi connectivity index (χ0) is 20.9. The Bertz CT molecular complexity index is 984. The summed E-state index contributed by atoms with van der Waals surface area (Å²) in [6, 6.07) is 15.8. The van der Waals surface area contributed by atoms with E-state index in [-0.39, 0.29) is 17.6 Å². The average Bonchev–Trinajstić information content (AvgIpc) is 3.24. The van der Waals surface area contributed by atoms with E-state index in [1.165, 1.54) is 6.07 Å². The van der Waals surface area contributed by atoms with Crippen LogP contribution in [0.5, 0.6) is 0 Å². The summed E-state index contributed by atoms with van der Waals surface area (Å²) in [6.45, 7) is 5.60. The first kappa shape index (κ1) is 20.3. The Kier molecular flexibility index (Phi) is 6.21. The summed E-state index contributed by atoms with van der Waals surface area (Å²) < 4.78 is 19.4. The molecule has 2 heterocycles. The van der Waals surface area contributed by atoms with Crippen molar-refractivity contribution in [1.29, 1.82) is 0 Å². The molecule has 156 valence electrons. The minimum Gasteiger partial charge on any atom is -0.447 e. The van der Waals surface area contributed by atoms with Crippen LogP contribution in [-0.2, 0) is 11.3 Å². The second-order valence-electron chi connectivity index (χ2n) is 7.45.